The van der Waals surface area contributed by atoms with Gasteiger partial charge in [-0.05, 0) is 30.7 Å². The molecule has 4 heteroatoms. The second kappa shape index (κ2) is 7.20. The number of nitrogen functional groups attached to an aromatic ring is 1. The minimum absolute atomic E-state index is 0.0326. The maximum Gasteiger partial charge on any atom is 0.128 e. The lowest BCUT2D eigenvalue weighted by atomic mass is 9.95. The van der Waals surface area contributed by atoms with Crippen molar-refractivity contribution in [2.45, 2.75) is 26.0 Å². The van der Waals surface area contributed by atoms with Crippen molar-refractivity contribution in [2.24, 2.45) is 0 Å². The number of likely N-dealkylation sites (N-methyl/N-ethyl adjacent to an activating group) is 1. The van der Waals surface area contributed by atoms with Crippen LogP contribution in [0, 0.1) is 6.92 Å². The normalized spacial score (nSPS) is 13.9. The number of hydrogen-bond donors (Lipinski definition) is 2. The maximum atomic E-state index is 6.08. The van der Waals surface area contributed by atoms with Gasteiger partial charge in [0.1, 0.15) is 11.9 Å². The van der Waals surface area contributed by atoms with E-state index < -0.39 is 0 Å². The molecule has 0 saturated heterocycles. The average Bonchev–Trinajstić information content (AvgIpc) is 2.51. The molecule has 0 fully saturated rings. The Hall–Kier alpha value is -1.91. The molecule has 112 valence electrons. The van der Waals surface area contributed by atoms with Crippen LogP contribution in [-0.2, 0) is 4.74 Å². The molecule has 0 aliphatic heterocycles. The number of rotatable bonds is 6. The van der Waals surface area contributed by atoms with Crippen LogP contribution in [0.1, 0.15) is 35.8 Å². The van der Waals surface area contributed by atoms with Crippen molar-refractivity contribution in [1.82, 2.24) is 10.3 Å². The summed E-state index contributed by atoms with van der Waals surface area (Å²) in [4.78, 5) is 4.27. The van der Waals surface area contributed by atoms with Gasteiger partial charge in [0.15, 0.2) is 0 Å². The number of pyridine rings is 1. The van der Waals surface area contributed by atoms with Gasteiger partial charge in [0.2, 0.25) is 0 Å². The van der Waals surface area contributed by atoms with Gasteiger partial charge < -0.3 is 15.8 Å². The minimum Gasteiger partial charge on any atom is -0.383 e. The number of aryl methyl sites for hydroxylation is 1. The van der Waals surface area contributed by atoms with Gasteiger partial charge in [-0.15, -0.1) is 0 Å². The zero-order valence-corrected chi connectivity index (χ0v) is 12.8. The van der Waals surface area contributed by atoms with E-state index in [2.05, 4.69) is 35.4 Å². The van der Waals surface area contributed by atoms with Crippen LogP contribution in [0.15, 0.2) is 42.6 Å². The molecular formula is C17H23N3O. The molecule has 0 radical (unpaired) electrons. The molecule has 4 nitrogen and oxygen atoms in total. The van der Waals surface area contributed by atoms with E-state index in [1.54, 1.807) is 13.3 Å². The van der Waals surface area contributed by atoms with Gasteiger partial charge in [-0.1, -0.05) is 37.3 Å². The molecule has 0 spiro atoms. The van der Waals surface area contributed by atoms with Crippen LogP contribution in [0.4, 0.5) is 5.82 Å². The number of aromatic nitrogens is 1. The van der Waals surface area contributed by atoms with Crippen molar-refractivity contribution in [3.8, 4) is 0 Å². The van der Waals surface area contributed by atoms with Crippen LogP contribution in [0.3, 0.4) is 0 Å². The summed E-state index contributed by atoms with van der Waals surface area (Å²) in [7, 11) is 1.72. The molecule has 1 heterocycles. The fourth-order valence-corrected chi connectivity index (χ4v) is 2.56. The van der Waals surface area contributed by atoms with Gasteiger partial charge in [0, 0.05) is 18.9 Å². The standard InChI is InChI=1S/C17H23N3O/c1-4-19-15(14-10-12(2)11-20-17(14)18)16(21-3)13-8-6-5-7-9-13/h5-11,15-16,19H,4H2,1-3H3,(H2,18,20). The zero-order valence-electron chi connectivity index (χ0n) is 12.8. The molecule has 0 aliphatic rings. The van der Waals surface area contributed by atoms with E-state index in [1.165, 1.54) is 0 Å². The van der Waals surface area contributed by atoms with E-state index in [0.717, 1.165) is 23.2 Å². The lowest BCUT2D eigenvalue weighted by Crippen LogP contribution is -2.29. The molecule has 2 unspecified atom stereocenters. The highest BCUT2D eigenvalue weighted by molar-refractivity contribution is 5.44. The van der Waals surface area contributed by atoms with Crippen molar-refractivity contribution in [1.29, 1.82) is 0 Å². The third-order valence-corrected chi connectivity index (χ3v) is 3.53. The first-order valence-corrected chi connectivity index (χ1v) is 7.20. The van der Waals surface area contributed by atoms with E-state index in [-0.39, 0.29) is 12.1 Å². The Morgan fingerprint density at radius 3 is 2.62 bits per heavy atom. The number of methoxy groups -OCH3 is 1. The van der Waals surface area contributed by atoms with Crippen molar-refractivity contribution in [2.75, 3.05) is 19.4 Å². The molecule has 0 bridgehead atoms. The number of nitrogens with zero attached hydrogens (tertiary/aromatic N) is 1. The average molecular weight is 285 g/mol. The summed E-state index contributed by atoms with van der Waals surface area (Å²) in [6.45, 7) is 4.91. The first-order chi connectivity index (χ1) is 10.2. The van der Waals surface area contributed by atoms with Gasteiger partial charge in [-0.25, -0.2) is 4.98 Å². The third kappa shape index (κ3) is 3.60. The molecule has 2 aromatic rings. The maximum absolute atomic E-state index is 6.08. The Bertz CT molecular complexity index is 572. The molecular weight excluding hydrogens is 262 g/mol. The fraction of sp³-hybridized carbons (Fsp3) is 0.353. The highest BCUT2D eigenvalue weighted by Gasteiger charge is 2.26. The van der Waals surface area contributed by atoms with E-state index >= 15 is 0 Å². The first-order valence-electron chi connectivity index (χ1n) is 7.20. The highest BCUT2D eigenvalue weighted by Crippen LogP contribution is 2.34. The molecule has 0 amide bonds. The summed E-state index contributed by atoms with van der Waals surface area (Å²) >= 11 is 0. The molecule has 3 N–H and O–H groups in total. The van der Waals surface area contributed by atoms with Gasteiger partial charge in [-0.2, -0.15) is 0 Å². The summed E-state index contributed by atoms with van der Waals surface area (Å²) in [6.07, 6.45) is 1.67. The van der Waals surface area contributed by atoms with Gasteiger partial charge >= 0.3 is 0 Å². The second-order valence-electron chi connectivity index (χ2n) is 5.09. The number of hydrogen-bond acceptors (Lipinski definition) is 4. The van der Waals surface area contributed by atoms with E-state index in [4.69, 9.17) is 10.5 Å². The van der Waals surface area contributed by atoms with Crippen molar-refractivity contribution in [3.05, 3.63) is 59.3 Å². The third-order valence-electron chi connectivity index (χ3n) is 3.53. The van der Waals surface area contributed by atoms with Crippen molar-refractivity contribution < 1.29 is 4.74 Å². The zero-order chi connectivity index (χ0) is 15.2. The largest absolute Gasteiger partial charge is 0.383 e. The molecule has 0 saturated carbocycles. The number of benzene rings is 1. The molecule has 1 aromatic heterocycles. The molecule has 2 atom stereocenters. The Balaban J connectivity index is 2.43. The highest BCUT2D eigenvalue weighted by atomic mass is 16.5. The van der Waals surface area contributed by atoms with E-state index in [0.29, 0.717) is 5.82 Å². The number of nitrogens with two attached hydrogens (primary N) is 1. The molecule has 0 aliphatic carbocycles. The van der Waals surface area contributed by atoms with Crippen LogP contribution in [0.25, 0.3) is 0 Å². The summed E-state index contributed by atoms with van der Waals surface area (Å²) in [5.74, 6) is 0.546. The quantitative estimate of drug-likeness (QED) is 0.856. The van der Waals surface area contributed by atoms with Crippen molar-refractivity contribution >= 4 is 5.82 Å². The van der Waals surface area contributed by atoms with Crippen LogP contribution >= 0.6 is 0 Å². The van der Waals surface area contributed by atoms with Crippen LogP contribution in [-0.4, -0.2) is 18.6 Å². The Labute approximate surface area is 126 Å². The van der Waals surface area contributed by atoms with Gasteiger partial charge in [0.25, 0.3) is 0 Å². The second-order valence-corrected chi connectivity index (χ2v) is 5.09. The minimum atomic E-state index is -0.114. The SMILES string of the molecule is CCNC(c1cc(C)cnc1N)C(OC)c1ccccc1. The van der Waals surface area contributed by atoms with Crippen LogP contribution in [0.2, 0.25) is 0 Å². The summed E-state index contributed by atoms with van der Waals surface area (Å²) in [5.41, 5.74) is 9.27. The predicted molar refractivity (Wildman–Crippen MR) is 86.0 cm³/mol. The van der Waals surface area contributed by atoms with Gasteiger partial charge in [-0.3, -0.25) is 0 Å². The Kier molecular flexibility index (Phi) is 5.31. The summed E-state index contributed by atoms with van der Waals surface area (Å²) < 4.78 is 5.75. The van der Waals surface area contributed by atoms with Crippen LogP contribution in [0.5, 0.6) is 0 Å². The smallest absolute Gasteiger partial charge is 0.128 e. The lowest BCUT2D eigenvalue weighted by Gasteiger charge is -2.28. The molecule has 21 heavy (non-hydrogen) atoms. The van der Waals surface area contributed by atoms with E-state index in [9.17, 15) is 0 Å². The van der Waals surface area contributed by atoms with Crippen LogP contribution < -0.4 is 11.1 Å². The monoisotopic (exact) mass is 285 g/mol. The number of nitrogens with one attached hydrogen (secondary N) is 1. The molecule has 2 rings (SSSR count). The van der Waals surface area contributed by atoms with Gasteiger partial charge in [0.05, 0.1) is 6.04 Å². The number of ether oxygens (including phenoxy) is 1. The lowest BCUT2D eigenvalue weighted by molar-refractivity contribution is 0.0682. The Morgan fingerprint density at radius 2 is 2.00 bits per heavy atom. The number of anilines is 1. The molecule has 1 aromatic carbocycles. The predicted octanol–water partition coefficient (Wildman–Crippen LogP) is 3.01. The van der Waals surface area contributed by atoms with E-state index in [1.807, 2.05) is 25.1 Å². The summed E-state index contributed by atoms with van der Waals surface area (Å²) in [6, 6.07) is 12.2. The topological polar surface area (TPSA) is 60.2 Å². The fourth-order valence-electron chi connectivity index (χ4n) is 2.56. The van der Waals surface area contributed by atoms with Crippen molar-refractivity contribution in [3.63, 3.8) is 0 Å². The summed E-state index contributed by atoms with van der Waals surface area (Å²) in [5, 5.41) is 3.47. The first kappa shape index (κ1) is 15.5. The Morgan fingerprint density at radius 1 is 1.29 bits per heavy atom.